The van der Waals surface area contributed by atoms with Crippen LogP contribution >= 0.6 is 0 Å². The van der Waals surface area contributed by atoms with E-state index in [1.165, 1.54) is 21.4 Å². The summed E-state index contributed by atoms with van der Waals surface area (Å²) < 4.78 is 7.38. The number of rotatable bonds is 3. The minimum atomic E-state index is -0.848. The summed E-state index contributed by atoms with van der Waals surface area (Å²) in [4.78, 5) is 12.7. The fraction of sp³-hybridized carbons (Fsp3) is 0.400. The monoisotopic (exact) mass is 274 g/mol. The first-order valence-corrected chi connectivity index (χ1v) is 6.78. The fourth-order valence-corrected chi connectivity index (χ4v) is 3.00. The second-order valence-corrected chi connectivity index (χ2v) is 5.04. The Bertz CT molecular complexity index is 648. The summed E-state index contributed by atoms with van der Waals surface area (Å²) in [6.45, 7) is 2.40. The molecule has 106 valence electrons. The molecule has 0 aliphatic carbocycles. The highest BCUT2D eigenvalue weighted by Crippen LogP contribution is 2.30. The summed E-state index contributed by atoms with van der Waals surface area (Å²) in [5.41, 5.74) is 3.56. The third kappa shape index (κ3) is 2.04. The third-order valence-electron chi connectivity index (χ3n) is 3.96. The van der Waals surface area contributed by atoms with E-state index in [9.17, 15) is 9.90 Å². The lowest BCUT2D eigenvalue weighted by atomic mass is 10.0. The van der Waals surface area contributed by atoms with Crippen LogP contribution in [0.3, 0.4) is 0 Å². The van der Waals surface area contributed by atoms with E-state index >= 15 is 0 Å². The Kier molecular flexibility index (Phi) is 3.36. The molecule has 1 aromatic heterocycles. The molecule has 0 spiro atoms. The minimum absolute atomic E-state index is 0.461. The minimum Gasteiger partial charge on any atom is -0.465 e. The van der Waals surface area contributed by atoms with Crippen molar-refractivity contribution in [2.75, 3.05) is 20.3 Å². The number of para-hydroxylation sites is 1. The van der Waals surface area contributed by atoms with E-state index in [-0.39, 0.29) is 0 Å². The SMILES string of the molecule is COCCn1c2c(c3ccccc31)CCN(C(=O)O)C2. The van der Waals surface area contributed by atoms with Gasteiger partial charge in [0.05, 0.1) is 13.2 Å². The number of benzene rings is 1. The molecule has 3 rings (SSSR count). The number of aromatic nitrogens is 1. The lowest BCUT2D eigenvalue weighted by molar-refractivity contribution is 0.137. The largest absolute Gasteiger partial charge is 0.465 e. The molecule has 0 saturated carbocycles. The van der Waals surface area contributed by atoms with Gasteiger partial charge in [-0.05, 0) is 18.1 Å². The van der Waals surface area contributed by atoms with Crippen molar-refractivity contribution in [2.24, 2.45) is 0 Å². The predicted octanol–water partition coefficient (Wildman–Crippen LogP) is 2.32. The third-order valence-corrected chi connectivity index (χ3v) is 3.96. The number of ether oxygens (including phenoxy) is 1. The van der Waals surface area contributed by atoms with E-state index in [4.69, 9.17) is 4.74 Å². The Morgan fingerprint density at radius 1 is 1.40 bits per heavy atom. The molecule has 20 heavy (non-hydrogen) atoms. The average molecular weight is 274 g/mol. The van der Waals surface area contributed by atoms with Crippen molar-refractivity contribution in [1.29, 1.82) is 0 Å². The van der Waals surface area contributed by atoms with Gasteiger partial charge >= 0.3 is 6.09 Å². The van der Waals surface area contributed by atoms with Gasteiger partial charge in [-0.1, -0.05) is 18.2 Å². The quantitative estimate of drug-likeness (QED) is 0.934. The molecule has 1 aliphatic heterocycles. The van der Waals surface area contributed by atoms with Crippen molar-refractivity contribution in [3.8, 4) is 0 Å². The first-order valence-electron chi connectivity index (χ1n) is 6.78. The van der Waals surface area contributed by atoms with E-state index in [2.05, 4.69) is 16.7 Å². The van der Waals surface area contributed by atoms with Crippen LogP contribution in [0.4, 0.5) is 4.79 Å². The number of hydrogen-bond donors (Lipinski definition) is 1. The first-order chi connectivity index (χ1) is 9.72. The Balaban J connectivity index is 2.10. The first kappa shape index (κ1) is 13.0. The van der Waals surface area contributed by atoms with Crippen LogP contribution in [0.5, 0.6) is 0 Å². The lowest BCUT2D eigenvalue weighted by Gasteiger charge is -2.26. The highest BCUT2D eigenvalue weighted by atomic mass is 16.5. The topological polar surface area (TPSA) is 54.7 Å². The van der Waals surface area contributed by atoms with Gasteiger partial charge in [-0.25, -0.2) is 4.79 Å². The van der Waals surface area contributed by atoms with Crippen LogP contribution in [0.1, 0.15) is 11.3 Å². The van der Waals surface area contributed by atoms with Gasteiger partial charge in [-0.2, -0.15) is 0 Å². The van der Waals surface area contributed by atoms with E-state index in [1.54, 1.807) is 7.11 Å². The zero-order valence-electron chi connectivity index (χ0n) is 11.5. The second kappa shape index (κ2) is 5.17. The molecule has 0 unspecified atom stereocenters. The van der Waals surface area contributed by atoms with Crippen LogP contribution in [0, 0.1) is 0 Å². The number of methoxy groups -OCH3 is 1. The molecule has 2 heterocycles. The van der Waals surface area contributed by atoms with Crippen LogP contribution < -0.4 is 0 Å². The summed E-state index contributed by atoms with van der Waals surface area (Å²) in [5.74, 6) is 0. The summed E-state index contributed by atoms with van der Waals surface area (Å²) in [6.07, 6.45) is -0.0681. The number of hydrogen-bond acceptors (Lipinski definition) is 2. The standard InChI is InChI=1S/C15H18N2O3/c1-20-9-8-17-13-5-3-2-4-11(13)12-6-7-16(15(18)19)10-14(12)17/h2-5H,6-10H2,1H3,(H,18,19). The van der Waals surface area contributed by atoms with Gasteiger partial charge in [-0.3, -0.25) is 0 Å². The maximum Gasteiger partial charge on any atom is 0.407 e. The molecule has 0 bridgehead atoms. The maximum atomic E-state index is 11.2. The van der Waals surface area contributed by atoms with E-state index in [0.717, 1.165) is 18.7 Å². The van der Waals surface area contributed by atoms with Crippen molar-refractivity contribution in [1.82, 2.24) is 9.47 Å². The highest BCUT2D eigenvalue weighted by molar-refractivity contribution is 5.86. The van der Waals surface area contributed by atoms with Crippen molar-refractivity contribution in [3.05, 3.63) is 35.5 Å². The van der Waals surface area contributed by atoms with Gasteiger partial charge in [0.1, 0.15) is 0 Å². The van der Waals surface area contributed by atoms with E-state index in [1.807, 2.05) is 12.1 Å². The molecule has 5 nitrogen and oxygen atoms in total. The number of amides is 1. The molecule has 1 aromatic carbocycles. The molecule has 5 heteroatoms. The molecule has 2 aromatic rings. The Hall–Kier alpha value is -2.01. The van der Waals surface area contributed by atoms with Crippen molar-refractivity contribution in [3.63, 3.8) is 0 Å². The van der Waals surface area contributed by atoms with Crippen LogP contribution in [0.2, 0.25) is 0 Å². The van der Waals surface area contributed by atoms with Crippen LogP contribution in [0.25, 0.3) is 10.9 Å². The summed E-state index contributed by atoms with van der Waals surface area (Å²) in [6, 6.07) is 8.27. The Morgan fingerprint density at radius 3 is 2.95 bits per heavy atom. The molecule has 0 atom stereocenters. The smallest absolute Gasteiger partial charge is 0.407 e. The second-order valence-electron chi connectivity index (χ2n) is 5.04. The Labute approximate surface area is 117 Å². The molecule has 0 saturated heterocycles. The van der Waals surface area contributed by atoms with Gasteiger partial charge in [0.15, 0.2) is 0 Å². The fourth-order valence-electron chi connectivity index (χ4n) is 3.00. The Morgan fingerprint density at radius 2 is 2.20 bits per heavy atom. The molecule has 0 fully saturated rings. The maximum absolute atomic E-state index is 11.2. The van der Waals surface area contributed by atoms with Crippen molar-refractivity contribution in [2.45, 2.75) is 19.5 Å². The summed E-state index contributed by atoms with van der Waals surface area (Å²) in [5, 5.41) is 10.4. The summed E-state index contributed by atoms with van der Waals surface area (Å²) in [7, 11) is 1.68. The predicted molar refractivity (Wildman–Crippen MR) is 76.0 cm³/mol. The zero-order chi connectivity index (χ0) is 14.1. The number of carbonyl (C=O) groups is 1. The molecule has 1 aliphatic rings. The van der Waals surface area contributed by atoms with Crippen molar-refractivity contribution < 1.29 is 14.6 Å². The molecule has 1 N–H and O–H groups in total. The molecular weight excluding hydrogens is 256 g/mol. The average Bonchev–Trinajstić information content (AvgIpc) is 2.78. The van der Waals surface area contributed by atoms with Gasteiger partial charge < -0.3 is 19.3 Å². The molecule has 1 amide bonds. The van der Waals surface area contributed by atoms with Crippen LogP contribution in [-0.2, 0) is 24.2 Å². The van der Waals surface area contributed by atoms with Gasteiger partial charge in [0, 0.05) is 36.8 Å². The molecule has 0 radical (unpaired) electrons. The number of carboxylic acid groups (broad SMARTS) is 1. The van der Waals surface area contributed by atoms with Crippen LogP contribution in [0.15, 0.2) is 24.3 Å². The van der Waals surface area contributed by atoms with Crippen LogP contribution in [-0.4, -0.2) is 40.9 Å². The van der Waals surface area contributed by atoms with Crippen molar-refractivity contribution >= 4 is 17.0 Å². The lowest BCUT2D eigenvalue weighted by Crippen LogP contribution is -2.35. The van der Waals surface area contributed by atoms with E-state index in [0.29, 0.717) is 19.7 Å². The zero-order valence-corrected chi connectivity index (χ0v) is 11.5. The number of nitrogens with zero attached hydrogens (tertiary/aromatic N) is 2. The normalized spacial score (nSPS) is 14.6. The summed E-state index contributed by atoms with van der Waals surface area (Å²) >= 11 is 0. The molecular formula is C15H18N2O3. The number of fused-ring (bicyclic) bond motifs is 3. The van der Waals surface area contributed by atoms with Gasteiger partial charge in [0.25, 0.3) is 0 Å². The van der Waals surface area contributed by atoms with Gasteiger partial charge in [-0.15, -0.1) is 0 Å². The highest BCUT2D eigenvalue weighted by Gasteiger charge is 2.25. The van der Waals surface area contributed by atoms with Gasteiger partial charge in [0.2, 0.25) is 0 Å². The van der Waals surface area contributed by atoms with E-state index < -0.39 is 6.09 Å².